The molecule has 2 saturated heterocycles. The van der Waals surface area contributed by atoms with Gasteiger partial charge < -0.3 is 29.6 Å². The van der Waals surface area contributed by atoms with Gasteiger partial charge in [-0.1, -0.05) is 6.92 Å². The third-order valence-corrected chi connectivity index (χ3v) is 9.13. The SMILES string of the molecule is C[C@@H](O)[C@H]1C(=O)N2C(C(=O)O)=C(S[C@H]3C[C@@H](CCN(C)C)N(C(=O)OCc4ccc([N+](=O)[O-])cc4)C3)[C@H](C)[C@H]12. The second-order valence-electron chi connectivity index (χ2n) is 10.6. The number of fused-ring (bicyclic) bond motifs is 1. The Morgan fingerprint density at radius 1 is 1.28 bits per heavy atom. The second-order valence-corrected chi connectivity index (χ2v) is 12.0. The van der Waals surface area contributed by atoms with Gasteiger partial charge in [-0.25, -0.2) is 9.59 Å². The Balaban J connectivity index is 1.47. The number of thioether (sulfide) groups is 1. The summed E-state index contributed by atoms with van der Waals surface area (Å²) in [5.41, 5.74) is 0.556. The number of benzene rings is 1. The number of carboxylic acid groups (broad SMARTS) is 1. The molecule has 13 heteroatoms. The molecule has 0 spiro atoms. The predicted molar refractivity (Wildman–Crippen MR) is 143 cm³/mol. The maximum absolute atomic E-state index is 13.1. The highest BCUT2D eigenvalue weighted by Gasteiger charge is 2.60. The van der Waals surface area contributed by atoms with Crippen molar-refractivity contribution in [1.82, 2.24) is 14.7 Å². The fourth-order valence-corrected chi connectivity index (χ4v) is 7.23. The van der Waals surface area contributed by atoms with Crippen LogP contribution in [0.1, 0.15) is 32.3 Å². The van der Waals surface area contributed by atoms with Crippen LogP contribution >= 0.6 is 11.8 Å². The van der Waals surface area contributed by atoms with Crippen LogP contribution in [0.4, 0.5) is 10.5 Å². The van der Waals surface area contributed by atoms with E-state index in [0.29, 0.717) is 29.9 Å². The molecule has 3 heterocycles. The van der Waals surface area contributed by atoms with Gasteiger partial charge in [0, 0.05) is 40.8 Å². The van der Waals surface area contributed by atoms with E-state index in [-0.39, 0.29) is 47.2 Å². The number of nitro benzene ring substituents is 1. The summed E-state index contributed by atoms with van der Waals surface area (Å²) >= 11 is 1.40. The number of aliphatic hydroxyl groups excluding tert-OH is 1. The monoisotopic (exact) mass is 562 g/mol. The average Bonchev–Trinajstić information content (AvgIpc) is 3.38. The number of aliphatic hydroxyl groups is 1. The molecular formula is C26H34N4O8S. The summed E-state index contributed by atoms with van der Waals surface area (Å²) in [6.07, 6.45) is -0.0371. The molecule has 3 aliphatic rings. The van der Waals surface area contributed by atoms with Crippen LogP contribution < -0.4 is 0 Å². The van der Waals surface area contributed by atoms with Gasteiger partial charge in [0.25, 0.3) is 5.69 Å². The van der Waals surface area contributed by atoms with Crippen LogP contribution in [0.2, 0.25) is 0 Å². The van der Waals surface area contributed by atoms with Crippen LogP contribution in [-0.4, -0.2) is 98.4 Å². The maximum atomic E-state index is 13.1. The van der Waals surface area contributed by atoms with Crippen molar-refractivity contribution in [3.8, 4) is 0 Å². The van der Waals surface area contributed by atoms with Gasteiger partial charge >= 0.3 is 12.1 Å². The topological polar surface area (TPSA) is 154 Å². The zero-order valence-corrected chi connectivity index (χ0v) is 23.2. The lowest BCUT2D eigenvalue weighted by Gasteiger charge is -2.46. The van der Waals surface area contributed by atoms with Crippen molar-refractivity contribution in [2.45, 2.75) is 56.7 Å². The fourth-order valence-electron chi connectivity index (χ4n) is 5.66. The number of likely N-dealkylation sites (tertiary alicyclic amines) is 1. The Labute approximate surface area is 230 Å². The smallest absolute Gasteiger partial charge is 0.410 e. The summed E-state index contributed by atoms with van der Waals surface area (Å²) in [5.74, 6) is -2.43. The van der Waals surface area contributed by atoms with E-state index in [1.165, 1.54) is 28.8 Å². The number of β-lactam (4-membered cyclic amide) rings is 1. The van der Waals surface area contributed by atoms with Gasteiger partial charge in [-0.2, -0.15) is 0 Å². The largest absolute Gasteiger partial charge is 0.477 e. The Kier molecular flexibility index (Phi) is 8.52. The zero-order valence-electron chi connectivity index (χ0n) is 22.4. The molecule has 1 aromatic rings. The van der Waals surface area contributed by atoms with E-state index in [2.05, 4.69) is 0 Å². The number of rotatable bonds is 10. The normalized spacial score (nSPS) is 27.0. The third kappa shape index (κ3) is 5.75. The summed E-state index contributed by atoms with van der Waals surface area (Å²) in [6, 6.07) is 5.30. The molecule has 0 aromatic heterocycles. The molecule has 4 rings (SSSR count). The summed E-state index contributed by atoms with van der Waals surface area (Å²) < 4.78 is 5.55. The van der Waals surface area contributed by atoms with E-state index in [1.807, 2.05) is 25.9 Å². The number of carbonyl (C=O) groups is 3. The minimum Gasteiger partial charge on any atom is -0.477 e. The minimum absolute atomic E-state index is 0.0246. The van der Waals surface area contributed by atoms with Crippen LogP contribution in [0.5, 0.6) is 0 Å². The Morgan fingerprint density at radius 2 is 1.95 bits per heavy atom. The number of carbonyl (C=O) groups excluding carboxylic acids is 2. The van der Waals surface area contributed by atoms with Gasteiger partial charge in [-0.15, -0.1) is 11.8 Å². The van der Waals surface area contributed by atoms with Crippen molar-refractivity contribution in [3.05, 3.63) is 50.5 Å². The van der Waals surface area contributed by atoms with Crippen molar-refractivity contribution >= 4 is 35.4 Å². The number of hydrogen-bond donors (Lipinski definition) is 2. The van der Waals surface area contributed by atoms with Gasteiger partial charge in [0.2, 0.25) is 5.91 Å². The van der Waals surface area contributed by atoms with Crippen molar-refractivity contribution < 1.29 is 34.3 Å². The standard InChI is InChI=1S/C26H34N4O8S/c1-14-21-20(15(2)31)24(32)29(21)22(25(33)34)23(14)39-19-11-18(9-10-27(3)4)28(12-19)26(35)38-13-16-5-7-17(8-6-16)30(36)37/h5-8,14-15,18-21,31H,9-13H2,1-4H3,(H,33,34)/t14-,15-,18-,19+,20-,21-/m1/s1. The Morgan fingerprint density at radius 3 is 2.51 bits per heavy atom. The Bertz CT molecular complexity index is 1170. The van der Waals surface area contributed by atoms with Gasteiger partial charge in [0.15, 0.2) is 0 Å². The molecule has 0 radical (unpaired) electrons. The molecule has 0 bridgehead atoms. The van der Waals surface area contributed by atoms with E-state index in [9.17, 15) is 34.7 Å². The molecule has 2 fully saturated rings. The lowest BCUT2D eigenvalue weighted by Crippen LogP contribution is -2.63. The Hall–Kier alpha value is -3.16. The number of nitro groups is 1. The number of amides is 2. The summed E-state index contributed by atoms with van der Waals surface area (Å²) in [4.78, 5) is 54.0. The molecule has 12 nitrogen and oxygen atoms in total. The molecule has 39 heavy (non-hydrogen) atoms. The first kappa shape index (κ1) is 28.8. The molecule has 6 atom stereocenters. The average molecular weight is 563 g/mol. The van der Waals surface area contributed by atoms with Crippen molar-refractivity contribution in [2.24, 2.45) is 11.8 Å². The van der Waals surface area contributed by atoms with Crippen LogP contribution in [0, 0.1) is 22.0 Å². The van der Waals surface area contributed by atoms with Crippen molar-refractivity contribution in [1.29, 1.82) is 0 Å². The minimum atomic E-state index is -1.18. The summed E-state index contributed by atoms with van der Waals surface area (Å²) in [6.45, 7) is 4.49. The van der Waals surface area contributed by atoms with E-state index in [1.54, 1.807) is 24.0 Å². The van der Waals surface area contributed by atoms with Gasteiger partial charge in [-0.3, -0.25) is 14.9 Å². The molecule has 0 aliphatic carbocycles. The van der Waals surface area contributed by atoms with E-state index >= 15 is 0 Å². The van der Waals surface area contributed by atoms with E-state index in [0.717, 1.165) is 6.54 Å². The number of ether oxygens (including phenoxy) is 1. The number of non-ortho nitro benzene ring substituents is 1. The summed E-state index contributed by atoms with van der Waals surface area (Å²) in [7, 11) is 3.89. The maximum Gasteiger partial charge on any atom is 0.410 e. The third-order valence-electron chi connectivity index (χ3n) is 7.63. The molecular weight excluding hydrogens is 528 g/mol. The molecule has 3 aliphatic heterocycles. The lowest BCUT2D eigenvalue weighted by molar-refractivity contribution is -0.384. The van der Waals surface area contributed by atoms with E-state index < -0.39 is 29.0 Å². The molecule has 0 unspecified atom stereocenters. The van der Waals surface area contributed by atoms with Crippen LogP contribution in [-0.2, 0) is 20.9 Å². The number of carboxylic acids is 1. The molecule has 0 saturated carbocycles. The van der Waals surface area contributed by atoms with Crippen LogP contribution in [0.25, 0.3) is 0 Å². The first-order chi connectivity index (χ1) is 18.4. The lowest BCUT2D eigenvalue weighted by atomic mass is 9.79. The van der Waals surface area contributed by atoms with Crippen LogP contribution in [0.3, 0.4) is 0 Å². The number of aliphatic carboxylic acids is 1. The highest BCUT2D eigenvalue weighted by molar-refractivity contribution is 8.03. The first-order valence-corrected chi connectivity index (χ1v) is 13.7. The van der Waals surface area contributed by atoms with Gasteiger partial charge in [-0.05, 0) is 58.1 Å². The highest BCUT2D eigenvalue weighted by atomic mass is 32.2. The summed E-state index contributed by atoms with van der Waals surface area (Å²) in [5, 5.41) is 30.8. The quantitative estimate of drug-likeness (QED) is 0.247. The second kappa shape index (κ2) is 11.5. The zero-order chi connectivity index (χ0) is 28.6. The van der Waals surface area contributed by atoms with Gasteiger partial charge in [0.1, 0.15) is 12.3 Å². The predicted octanol–water partition coefficient (Wildman–Crippen LogP) is 2.51. The molecule has 1 aromatic carbocycles. The molecule has 2 amide bonds. The number of nitrogens with zero attached hydrogens (tertiary/aromatic N) is 4. The number of hydrogen-bond acceptors (Lipinski definition) is 9. The van der Waals surface area contributed by atoms with Gasteiger partial charge in [0.05, 0.1) is 23.0 Å². The fraction of sp³-hybridized carbons (Fsp3) is 0.577. The first-order valence-electron chi connectivity index (χ1n) is 12.9. The van der Waals surface area contributed by atoms with Crippen molar-refractivity contribution in [3.63, 3.8) is 0 Å². The molecule has 2 N–H and O–H groups in total. The molecule has 212 valence electrons. The van der Waals surface area contributed by atoms with Crippen LogP contribution in [0.15, 0.2) is 34.9 Å². The van der Waals surface area contributed by atoms with E-state index in [4.69, 9.17) is 4.74 Å². The highest BCUT2D eigenvalue weighted by Crippen LogP contribution is 2.52. The van der Waals surface area contributed by atoms with Crippen molar-refractivity contribution in [2.75, 3.05) is 27.2 Å².